The maximum Gasteiger partial charge on any atom is 0.123 e. The molecule has 1 unspecified atom stereocenters. The van der Waals surface area contributed by atoms with Gasteiger partial charge in [0, 0.05) is 18.0 Å². The second kappa shape index (κ2) is 5.69. The van der Waals surface area contributed by atoms with E-state index >= 15 is 0 Å². The predicted molar refractivity (Wildman–Crippen MR) is 69.9 cm³/mol. The molecule has 2 N–H and O–H groups in total. The fourth-order valence-corrected chi connectivity index (χ4v) is 2.02. The Bertz CT molecular complexity index is 434. The van der Waals surface area contributed by atoms with Crippen molar-refractivity contribution in [2.45, 2.75) is 19.3 Å². The zero-order chi connectivity index (χ0) is 12.1. The number of allylic oxidation sites excluding steroid dienone is 2. The SMILES string of the molecule is CCOc1ccccc1C1[C]=CC(CN)=CC1. The number of ether oxygens (including phenoxy) is 1. The van der Waals surface area contributed by atoms with E-state index in [9.17, 15) is 0 Å². The molecule has 0 heterocycles. The highest BCUT2D eigenvalue weighted by Gasteiger charge is 2.15. The Hall–Kier alpha value is -1.54. The van der Waals surface area contributed by atoms with Gasteiger partial charge in [0.05, 0.1) is 6.61 Å². The van der Waals surface area contributed by atoms with Gasteiger partial charge in [-0.15, -0.1) is 0 Å². The smallest absolute Gasteiger partial charge is 0.123 e. The van der Waals surface area contributed by atoms with E-state index in [1.165, 1.54) is 5.56 Å². The van der Waals surface area contributed by atoms with Gasteiger partial charge in [0.25, 0.3) is 0 Å². The molecular weight excluding hydrogens is 210 g/mol. The number of rotatable bonds is 4. The lowest BCUT2D eigenvalue weighted by Gasteiger charge is -2.18. The van der Waals surface area contributed by atoms with Gasteiger partial charge in [-0.05, 0) is 31.1 Å². The van der Waals surface area contributed by atoms with E-state index in [1.807, 2.05) is 31.2 Å². The molecule has 0 saturated heterocycles. The standard InChI is InChI=1S/C15H18NO/c1-2-17-15-6-4-3-5-14(15)13-9-7-12(11-16)8-10-13/h3-8,13H,2,9,11,16H2,1H3. The molecule has 1 radical (unpaired) electrons. The van der Waals surface area contributed by atoms with Gasteiger partial charge >= 0.3 is 0 Å². The Balaban J connectivity index is 2.19. The minimum absolute atomic E-state index is 0.285. The van der Waals surface area contributed by atoms with Gasteiger partial charge in [-0.25, -0.2) is 0 Å². The summed E-state index contributed by atoms with van der Waals surface area (Å²) in [5.41, 5.74) is 7.97. The Morgan fingerprint density at radius 2 is 2.24 bits per heavy atom. The lowest BCUT2D eigenvalue weighted by atomic mass is 9.89. The lowest BCUT2D eigenvalue weighted by Crippen LogP contribution is -2.07. The Kier molecular flexibility index (Phi) is 3.99. The van der Waals surface area contributed by atoms with Crippen LogP contribution in [-0.2, 0) is 0 Å². The van der Waals surface area contributed by atoms with Crippen molar-refractivity contribution in [3.8, 4) is 5.75 Å². The molecule has 2 heteroatoms. The predicted octanol–water partition coefficient (Wildman–Crippen LogP) is 2.82. The minimum atomic E-state index is 0.285. The van der Waals surface area contributed by atoms with Gasteiger partial charge in [0.15, 0.2) is 0 Å². The average molecular weight is 228 g/mol. The number of hydrogen-bond donors (Lipinski definition) is 1. The Morgan fingerprint density at radius 1 is 1.41 bits per heavy atom. The normalized spacial score (nSPS) is 18.9. The molecule has 0 amide bonds. The van der Waals surface area contributed by atoms with Gasteiger partial charge in [0.1, 0.15) is 5.75 Å². The van der Waals surface area contributed by atoms with Crippen molar-refractivity contribution in [1.29, 1.82) is 0 Å². The molecule has 0 fully saturated rings. The molecule has 0 aliphatic heterocycles. The Labute approximate surface area is 103 Å². The van der Waals surface area contributed by atoms with E-state index in [0.717, 1.165) is 17.7 Å². The molecule has 17 heavy (non-hydrogen) atoms. The van der Waals surface area contributed by atoms with Gasteiger partial charge in [0.2, 0.25) is 0 Å². The first-order valence-corrected chi connectivity index (χ1v) is 6.05. The van der Waals surface area contributed by atoms with Crippen molar-refractivity contribution in [1.82, 2.24) is 0 Å². The van der Waals surface area contributed by atoms with Crippen LogP contribution in [0.4, 0.5) is 0 Å². The van der Waals surface area contributed by atoms with E-state index in [4.69, 9.17) is 10.5 Å². The van der Waals surface area contributed by atoms with Crippen LogP contribution in [0.2, 0.25) is 0 Å². The zero-order valence-electron chi connectivity index (χ0n) is 10.1. The zero-order valence-corrected chi connectivity index (χ0v) is 10.1. The first-order valence-electron chi connectivity index (χ1n) is 6.05. The molecule has 0 spiro atoms. The molecule has 1 aliphatic carbocycles. The molecule has 0 aromatic heterocycles. The molecule has 1 aromatic carbocycles. The van der Waals surface area contributed by atoms with Crippen LogP contribution in [-0.4, -0.2) is 13.2 Å². The van der Waals surface area contributed by atoms with Crippen LogP contribution in [0.25, 0.3) is 0 Å². The number of hydrogen-bond acceptors (Lipinski definition) is 2. The summed E-state index contributed by atoms with van der Waals surface area (Å²) in [6, 6.07) is 8.17. The molecule has 1 atom stereocenters. The first-order chi connectivity index (χ1) is 8.35. The summed E-state index contributed by atoms with van der Waals surface area (Å²) in [4.78, 5) is 0. The third-order valence-corrected chi connectivity index (χ3v) is 2.92. The highest BCUT2D eigenvalue weighted by molar-refractivity contribution is 5.40. The van der Waals surface area contributed by atoms with Gasteiger partial charge < -0.3 is 10.5 Å². The molecular formula is C15H18NO. The summed E-state index contributed by atoms with van der Waals surface area (Å²) in [5.74, 6) is 1.25. The van der Waals surface area contributed by atoms with E-state index in [2.05, 4.69) is 18.2 Å². The summed E-state index contributed by atoms with van der Waals surface area (Å²) in [6.07, 6.45) is 8.51. The fraction of sp³-hybridized carbons (Fsp3) is 0.333. The van der Waals surface area contributed by atoms with Crippen LogP contribution in [0.1, 0.15) is 24.8 Å². The summed E-state index contributed by atoms with van der Waals surface area (Å²) in [5, 5.41) is 0. The molecule has 0 saturated carbocycles. The summed E-state index contributed by atoms with van der Waals surface area (Å²) >= 11 is 0. The van der Waals surface area contributed by atoms with Crippen LogP contribution in [0.3, 0.4) is 0 Å². The summed E-state index contributed by atoms with van der Waals surface area (Å²) in [6.45, 7) is 3.29. The molecule has 2 rings (SSSR count). The quantitative estimate of drug-likeness (QED) is 0.860. The van der Waals surface area contributed by atoms with Gasteiger partial charge in [-0.1, -0.05) is 30.4 Å². The topological polar surface area (TPSA) is 35.2 Å². The lowest BCUT2D eigenvalue weighted by molar-refractivity contribution is 0.335. The summed E-state index contributed by atoms with van der Waals surface area (Å²) < 4.78 is 5.64. The van der Waals surface area contributed by atoms with Crippen LogP contribution in [0, 0.1) is 6.08 Å². The molecule has 89 valence electrons. The van der Waals surface area contributed by atoms with Crippen molar-refractivity contribution in [3.63, 3.8) is 0 Å². The van der Waals surface area contributed by atoms with Crippen LogP contribution in [0.5, 0.6) is 5.75 Å². The van der Waals surface area contributed by atoms with Crippen molar-refractivity contribution in [2.24, 2.45) is 5.73 Å². The van der Waals surface area contributed by atoms with Gasteiger partial charge in [-0.2, -0.15) is 0 Å². The van der Waals surface area contributed by atoms with Crippen LogP contribution in [0.15, 0.2) is 42.0 Å². The van der Waals surface area contributed by atoms with E-state index in [1.54, 1.807) is 0 Å². The van der Waals surface area contributed by atoms with E-state index < -0.39 is 0 Å². The van der Waals surface area contributed by atoms with Crippen LogP contribution < -0.4 is 10.5 Å². The van der Waals surface area contributed by atoms with Crippen molar-refractivity contribution >= 4 is 0 Å². The Morgan fingerprint density at radius 3 is 2.88 bits per heavy atom. The van der Waals surface area contributed by atoms with Crippen molar-refractivity contribution in [2.75, 3.05) is 13.2 Å². The summed E-state index contributed by atoms with van der Waals surface area (Å²) in [7, 11) is 0. The molecule has 0 bridgehead atoms. The minimum Gasteiger partial charge on any atom is -0.494 e. The molecule has 2 nitrogen and oxygen atoms in total. The second-order valence-corrected chi connectivity index (χ2v) is 4.05. The largest absolute Gasteiger partial charge is 0.494 e. The van der Waals surface area contributed by atoms with E-state index in [0.29, 0.717) is 13.2 Å². The third-order valence-electron chi connectivity index (χ3n) is 2.92. The fourth-order valence-electron chi connectivity index (χ4n) is 2.02. The maximum absolute atomic E-state index is 5.64. The van der Waals surface area contributed by atoms with Crippen LogP contribution >= 0.6 is 0 Å². The maximum atomic E-state index is 5.64. The first kappa shape index (κ1) is 11.9. The van der Waals surface area contributed by atoms with E-state index in [-0.39, 0.29) is 5.92 Å². The highest BCUT2D eigenvalue weighted by Crippen LogP contribution is 2.32. The molecule has 1 aliphatic rings. The average Bonchev–Trinajstić information content (AvgIpc) is 2.40. The number of para-hydroxylation sites is 1. The highest BCUT2D eigenvalue weighted by atomic mass is 16.5. The van der Waals surface area contributed by atoms with Gasteiger partial charge in [-0.3, -0.25) is 0 Å². The second-order valence-electron chi connectivity index (χ2n) is 4.05. The third kappa shape index (κ3) is 2.77. The van der Waals surface area contributed by atoms with Crippen molar-refractivity contribution in [3.05, 3.63) is 53.6 Å². The number of nitrogens with two attached hydrogens (primary N) is 1. The monoisotopic (exact) mass is 228 g/mol. The molecule has 1 aromatic rings. The van der Waals surface area contributed by atoms with Crippen molar-refractivity contribution < 1.29 is 4.74 Å². The number of benzene rings is 1.